The Balaban J connectivity index is 1.25. The smallest absolute Gasteiger partial charge is 0.119 e. The van der Waals surface area contributed by atoms with Crippen molar-refractivity contribution in [3.63, 3.8) is 0 Å². The van der Waals surface area contributed by atoms with Crippen LogP contribution in [0.15, 0.2) is 73.1 Å². The third-order valence-electron chi connectivity index (χ3n) is 6.65. The summed E-state index contributed by atoms with van der Waals surface area (Å²) in [5.41, 5.74) is 8.32. The van der Waals surface area contributed by atoms with Crippen LogP contribution in [0.1, 0.15) is 42.5 Å². The number of nitrogens with one attached hydrogen (secondary N) is 1. The lowest BCUT2D eigenvalue weighted by Gasteiger charge is -2.22. The fourth-order valence-corrected chi connectivity index (χ4v) is 4.62. The van der Waals surface area contributed by atoms with Gasteiger partial charge in [-0.05, 0) is 66.6 Å². The number of ether oxygens (including phenoxy) is 1. The predicted octanol–water partition coefficient (Wildman–Crippen LogP) is 5.56. The Labute approximate surface area is 194 Å². The lowest BCUT2D eigenvalue weighted by atomic mass is 9.98. The van der Waals surface area contributed by atoms with Crippen LogP contribution < -0.4 is 10.1 Å². The molecular weight excluding hydrogens is 408 g/mol. The molecule has 1 aliphatic carbocycles. The minimum Gasteiger partial charge on any atom is -0.489 e. The fourth-order valence-electron chi connectivity index (χ4n) is 4.62. The van der Waals surface area contributed by atoms with Crippen molar-refractivity contribution in [3.8, 4) is 28.1 Å². The first-order valence-corrected chi connectivity index (χ1v) is 11.8. The van der Waals surface area contributed by atoms with Crippen molar-refractivity contribution < 1.29 is 4.74 Å². The molecule has 0 saturated heterocycles. The molecule has 1 aliphatic heterocycles. The minimum absolute atomic E-state index is 0.407. The van der Waals surface area contributed by atoms with Crippen molar-refractivity contribution in [2.45, 2.75) is 51.4 Å². The van der Waals surface area contributed by atoms with E-state index < -0.39 is 0 Å². The monoisotopic (exact) mass is 436 g/mol. The lowest BCUT2D eigenvalue weighted by molar-refractivity contribution is 0.306. The van der Waals surface area contributed by atoms with E-state index in [0.29, 0.717) is 12.6 Å². The van der Waals surface area contributed by atoms with Crippen molar-refractivity contribution in [3.05, 3.63) is 89.9 Å². The summed E-state index contributed by atoms with van der Waals surface area (Å²) >= 11 is 0. The number of pyridine rings is 1. The van der Waals surface area contributed by atoms with E-state index in [9.17, 15) is 0 Å². The molecule has 2 aromatic heterocycles. The van der Waals surface area contributed by atoms with Crippen molar-refractivity contribution in [1.82, 2.24) is 20.1 Å². The molecule has 33 heavy (non-hydrogen) atoms. The Morgan fingerprint density at radius 1 is 0.939 bits per heavy atom. The predicted molar refractivity (Wildman–Crippen MR) is 130 cm³/mol. The molecular formula is C28H28N4O. The molecule has 1 atom stereocenters. The van der Waals surface area contributed by atoms with Crippen LogP contribution in [0, 0.1) is 0 Å². The Bertz CT molecular complexity index is 1240. The summed E-state index contributed by atoms with van der Waals surface area (Å²) in [7, 11) is 0. The zero-order valence-corrected chi connectivity index (χ0v) is 18.9. The second-order valence-corrected chi connectivity index (χ2v) is 9.20. The molecule has 0 amide bonds. The summed E-state index contributed by atoms with van der Waals surface area (Å²) in [6.45, 7) is 4.46. The van der Waals surface area contributed by atoms with Crippen molar-refractivity contribution >= 4 is 0 Å². The molecule has 5 heteroatoms. The van der Waals surface area contributed by atoms with Crippen LogP contribution in [0.4, 0.5) is 0 Å². The summed E-state index contributed by atoms with van der Waals surface area (Å²) in [4.78, 5) is 4.18. The fraction of sp³-hybridized carbons (Fsp3) is 0.286. The Morgan fingerprint density at radius 2 is 1.70 bits per heavy atom. The van der Waals surface area contributed by atoms with Crippen LogP contribution in [-0.2, 0) is 19.7 Å². The van der Waals surface area contributed by atoms with Crippen LogP contribution in [0.5, 0.6) is 5.75 Å². The zero-order valence-electron chi connectivity index (χ0n) is 18.9. The second kappa shape index (κ2) is 8.49. The third-order valence-corrected chi connectivity index (χ3v) is 6.65. The van der Waals surface area contributed by atoms with Crippen LogP contribution in [0.3, 0.4) is 0 Å². The van der Waals surface area contributed by atoms with Gasteiger partial charge in [-0.3, -0.25) is 9.67 Å². The Hall–Kier alpha value is -3.44. The summed E-state index contributed by atoms with van der Waals surface area (Å²) in [5.74, 6) is 1.67. The molecule has 4 aromatic rings. The quantitative estimate of drug-likeness (QED) is 0.430. The van der Waals surface area contributed by atoms with E-state index in [-0.39, 0.29) is 0 Å². The van der Waals surface area contributed by atoms with Gasteiger partial charge in [0.2, 0.25) is 0 Å². The van der Waals surface area contributed by atoms with E-state index in [2.05, 4.69) is 70.4 Å². The van der Waals surface area contributed by atoms with Gasteiger partial charge in [0.05, 0.1) is 12.2 Å². The van der Waals surface area contributed by atoms with Gasteiger partial charge in [-0.1, -0.05) is 36.4 Å². The van der Waals surface area contributed by atoms with Gasteiger partial charge in [0.25, 0.3) is 0 Å². The molecule has 1 N–H and O–H groups in total. The van der Waals surface area contributed by atoms with Gasteiger partial charge >= 0.3 is 0 Å². The van der Waals surface area contributed by atoms with Crippen molar-refractivity contribution in [1.29, 1.82) is 0 Å². The topological polar surface area (TPSA) is 52.0 Å². The number of hydrogen-bond acceptors (Lipinski definition) is 4. The second-order valence-electron chi connectivity index (χ2n) is 9.20. The number of hydrogen-bond donors (Lipinski definition) is 1. The third kappa shape index (κ3) is 4.16. The summed E-state index contributed by atoms with van der Waals surface area (Å²) < 4.78 is 8.24. The van der Waals surface area contributed by atoms with Crippen LogP contribution in [0.25, 0.3) is 22.4 Å². The molecule has 1 saturated carbocycles. The number of aromatic nitrogens is 3. The summed E-state index contributed by atoms with van der Waals surface area (Å²) in [6.07, 6.45) is 6.32. The van der Waals surface area contributed by atoms with E-state index >= 15 is 0 Å². The summed E-state index contributed by atoms with van der Waals surface area (Å²) in [5, 5.41) is 8.57. The number of fused-ring (bicyclic) bond motifs is 1. The maximum absolute atomic E-state index is 6.08. The van der Waals surface area contributed by atoms with E-state index in [0.717, 1.165) is 41.6 Å². The molecule has 0 spiro atoms. The van der Waals surface area contributed by atoms with Crippen LogP contribution in [-0.4, -0.2) is 20.8 Å². The van der Waals surface area contributed by atoms with Gasteiger partial charge < -0.3 is 10.1 Å². The normalized spacial score (nSPS) is 17.5. The van der Waals surface area contributed by atoms with Gasteiger partial charge in [-0.2, -0.15) is 5.10 Å². The SMILES string of the molecule is CC1Cn2nc(-c3ccncc3)c(-c3ccc(OCc4ccc(C5CC5)cc4)cc3)c2CN1. The average Bonchev–Trinajstić information content (AvgIpc) is 3.64. The van der Waals surface area contributed by atoms with Gasteiger partial charge in [0.1, 0.15) is 18.1 Å². The molecule has 0 radical (unpaired) electrons. The van der Waals surface area contributed by atoms with Gasteiger partial charge in [0, 0.05) is 36.1 Å². The van der Waals surface area contributed by atoms with Crippen LogP contribution in [0.2, 0.25) is 0 Å². The highest BCUT2D eigenvalue weighted by Crippen LogP contribution is 2.40. The van der Waals surface area contributed by atoms with E-state index in [4.69, 9.17) is 9.84 Å². The van der Waals surface area contributed by atoms with Crippen LogP contribution >= 0.6 is 0 Å². The minimum atomic E-state index is 0.407. The molecule has 2 aliphatic rings. The highest BCUT2D eigenvalue weighted by Gasteiger charge is 2.25. The number of nitrogens with zero attached hydrogens (tertiary/aromatic N) is 3. The highest BCUT2D eigenvalue weighted by atomic mass is 16.5. The molecule has 5 nitrogen and oxygen atoms in total. The molecule has 0 bridgehead atoms. The Kier molecular flexibility index (Phi) is 5.19. The lowest BCUT2D eigenvalue weighted by Crippen LogP contribution is -2.36. The standard InChI is InChI=1S/C28H28N4O/c1-19-17-32-26(16-30-19)27(28(31-32)24-12-14-29-15-13-24)23-8-10-25(11-9-23)33-18-20-2-4-21(5-3-20)22-6-7-22/h2-5,8-15,19,22,30H,6-7,16-18H2,1H3. The molecule has 3 heterocycles. The Morgan fingerprint density at radius 3 is 2.42 bits per heavy atom. The first kappa shape index (κ1) is 20.2. The molecule has 1 unspecified atom stereocenters. The molecule has 6 rings (SSSR count). The maximum atomic E-state index is 6.08. The van der Waals surface area contributed by atoms with Gasteiger partial charge in [-0.25, -0.2) is 0 Å². The highest BCUT2D eigenvalue weighted by molar-refractivity contribution is 5.83. The van der Waals surface area contributed by atoms with Gasteiger partial charge in [-0.15, -0.1) is 0 Å². The first-order chi connectivity index (χ1) is 16.2. The van der Waals surface area contributed by atoms with E-state index in [1.54, 1.807) is 0 Å². The van der Waals surface area contributed by atoms with E-state index in [1.807, 2.05) is 24.5 Å². The molecule has 166 valence electrons. The zero-order chi connectivity index (χ0) is 22.2. The van der Waals surface area contributed by atoms with E-state index in [1.165, 1.54) is 35.2 Å². The number of rotatable bonds is 6. The molecule has 2 aromatic carbocycles. The largest absolute Gasteiger partial charge is 0.489 e. The molecule has 1 fully saturated rings. The maximum Gasteiger partial charge on any atom is 0.119 e. The average molecular weight is 437 g/mol. The number of benzene rings is 2. The van der Waals surface area contributed by atoms with Gasteiger partial charge in [0.15, 0.2) is 0 Å². The van der Waals surface area contributed by atoms with Crippen molar-refractivity contribution in [2.75, 3.05) is 0 Å². The van der Waals surface area contributed by atoms with Crippen molar-refractivity contribution in [2.24, 2.45) is 0 Å². The first-order valence-electron chi connectivity index (χ1n) is 11.8. The summed E-state index contributed by atoms with van der Waals surface area (Å²) in [6, 6.07) is 21.8.